The lowest BCUT2D eigenvalue weighted by molar-refractivity contribution is 0.441. The van der Waals surface area contributed by atoms with E-state index in [1.165, 1.54) is 6.07 Å². The molecule has 2 rings (SSSR count). The predicted octanol–water partition coefficient (Wildman–Crippen LogP) is 4.84. The minimum Gasteiger partial charge on any atom is -0.454 e. The Morgan fingerprint density at radius 2 is 1.90 bits per heavy atom. The van der Waals surface area contributed by atoms with Gasteiger partial charge in [-0.2, -0.15) is 0 Å². The van der Waals surface area contributed by atoms with Crippen molar-refractivity contribution < 1.29 is 9.13 Å². The van der Waals surface area contributed by atoms with Crippen LogP contribution in [0.25, 0.3) is 0 Å². The molecule has 0 saturated heterocycles. The number of halogens is 1. The number of ether oxygens (including phenoxy) is 1. The Labute approximate surface area is 129 Å². The van der Waals surface area contributed by atoms with Crippen LogP contribution >= 0.6 is 11.8 Å². The number of nitrogens with one attached hydrogen (secondary N) is 1. The van der Waals surface area contributed by atoms with Gasteiger partial charge in [0, 0.05) is 11.4 Å². The molecular formula is C17H20FNOS. The second-order valence-electron chi connectivity index (χ2n) is 4.72. The highest BCUT2D eigenvalue weighted by molar-refractivity contribution is 7.98. The van der Waals surface area contributed by atoms with Crippen LogP contribution in [0.1, 0.15) is 18.9 Å². The first kappa shape index (κ1) is 15.9. The molecule has 0 unspecified atom stereocenters. The van der Waals surface area contributed by atoms with Crippen LogP contribution in [0.2, 0.25) is 0 Å². The summed E-state index contributed by atoms with van der Waals surface area (Å²) in [6.45, 7) is 3.71. The first-order valence-corrected chi connectivity index (χ1v) is 8.26. The Kier molecular flexibility index (Phi) is 6.08. The summed E-state index contributed by atoms with van der Waals surface area (Å²) >= 11 is 1.66. The van der Waals surface area contributed by atoms with Gasteiger partial charge in [0.15, 0.2) is 11.6 Å². The molecule has 0 bridgehead atoms. The molecule has 2 aromatic carbocycles. The SMILES string of the molecule is CCCNCc1ccc(Oc2ccc(SC)cc2)c(F)c1. The number of thioether (sulfide) groups is 1. The lowest BCUT2D eigenvalue weighted by Gasteiger charge is -2.09. The number of hydrogen-bond acceptors (Lipinski definition) is 3. The highest BCUT2D eigenvalue weighted by Crippen LogP contribution is 2.27. The molecule has 2 nitrogen and oxygen atoms in total. The Bertz CT molecular complexity index is 572. The summed E-state index contributed by atoms with van der Waals surface area (Å²) in [5, 5.41) is 3.25. The van der Waals surface area contributed by atoms with Crippen LogP contribution in [0, 0.1) is 5.82 Å². The van der Waals surface area contributed by atoms with Crippen molar-refractivity contribution in [3.63, 3.8) is 0 Å². The van der Waals surface area contributed by atoms with Gasteiger partial charge in [-0.1, -0.05) is 13.0 Å². The van der Waals surface area contributed by atoms with E-state index in [2.05, 4.69) is 12.2 Å². The highest BCUT2D eigenvalue weighted by atomic mass is 32.2. The van der Waals surface area contributed by atoms with E-state index in [1.807, 2.05) is 36.6 Å². The molecule has 4 heteroatoms. The van der Waals surface area contributed by atoms with Crippen LogP contribution in [-0.2, 0) is 6.54 Å². The highest BCUT2D eigenvalue weighted by Gasteiger charge is 2.06. The van der Waals surface area contributed by atoms with Crippen LogP contribution in [0.5, 0.6) is 11.5 Å². The zero-order valence-electron chi connectivity index (χ0n) is 12.4. The van der Waals surface area contributed by atoms with Gasteiger partial charge in [0.25, 0.3) is 0 Å². The molecule has 0 radical (unpaired) electrons. The maximum absolute atomic E-state index is 14.0. The van der Waals surface area contributed by atoms with Gasteiger partial charge in [0.05, 0.1) is 0 Å². The fourth-order valence-electron chi connectivity index (χ4n) is 1.92. The monoisotopic (exact) mass is 305 g/mol. The summed E-state index contributed by atoms with van der Waals surface area (Å²) in [7, 11) is 0. The predicted molar refractivity (Wildman–Crippen MR) is 86.7 cm³/mol. The Morgan fingerprint density at radius 3 is 2.52 bits per heavy atom. The van der Waals surface area contributed by atoms with E-state index >= 15 is 0 Å². The number of rotatable bonds is 7. The summed E-state index contributed by atoms with van der Waals surface area (Å²) in [5.74, 6) is 0.564. The third-order valence-corrected chi connectivity index (χ3v) is 3.78. The molecule has 112 valence electrons. The van der Waals surface area contributed by atoms with E-state index in [9.17, 15) is 4.39 Å². The first-order chi connectivity index (χ1) is 10.2. The molecule has 2 aromatic rings. The van der Waals surface area contributed by atoms with Crippen molar-refractivity contribution >= 4 is 11.8 Å². The van der Waals surface area contributed by atoms with E-state index in [4.69, 9.17) is 4.74 Å². The van der Waals surface area contributed by atoms with Gasteiger partial charge in [0.1, 0.15) is 5.75 Å². The average molecular weight is 305 g/mol. The van der Waals surface area contributed by atoms with E-state index in [1.54, 1.807) is 17.8 Å². The minimum absolute atomic E-state index is 0.256. The van der Waals surface area contributed by atoms with Crippen LogP contribution in [0.15, 0.2) is 47.4 Å². The van der Waals surface area contributed by atoms with Crippen LogP contribution < -0.4 is 10.1 Å². The van der Waals surface area contributed by atoms with Crippen LogP contribution in [0.3, 0.4) is 0 Å². The molecule has 1 N–H and O–H groups in total. The van der Waals surface area contributed by atoms with Crippen molar-refractivity contribution in [3.8, 4) is 11.5 Å². The maximum Gasteiger partial charge on any atom is 0.166 e. The Morgan fingerprint density at radius 1 is 1.14 bits per heavy atom. The minimum atomic E-state index is -0.334. The second kappa shape index (κ2) is 8.05. The van der Waals surface area contributed by atoms with Crippen molar-refractivity contribution in [2.45, 2.75) is 24.8 Å². The summed E-state index contributed by atoms with van der Waals surface area (Å²) in [6.07, 6.45) is 3.08. The Balaban J connectivity index is 2.02. The third kappa shape index (κ3) is 4.76. The lowest BCUT2D eigenvalue weighted by Crippen LogP contribution is -2.13. The molecule has 0 atom stereocenters. The molecule has 0 aliphatic carbocycles. The summed E-state index contributed by atoms with van der Waals surface area (Å²) in [6, 6.07) is 12.7. The summed E-state index contributed by atoms with van der Waals surface area (Å²) in [4.78, 5) is 1.15. The standard InChI is InChI=1S/C17H20FNOS/c1-3-10-19-12-13-4-9-17(16(18)11-13)20-14-5-7-15(21-2)8-6-14/h4-9,11,19H,3,10,12H2,1-2H3. The van der Waals surface area contributed by atoms with Crippen molar-refractivity contribution in [2.24, 2.45) is 0 Å². The molecular weight excluding hydrogens is 285 g/mol. The molecule has 0 spiro atoms. The fourth-order valence-corrected chi connectivity index (χ4v) is 2.33. The van der Waals surface area contributed by atoms with Crippen molar-refractivity contribution in [2.75, 3.05) is 12.8 Å². The van der Waals surface area contributed by atoms with E-state index in [-0.39, 0.29) is 11.6 Å². The summed E-state index contributed by atoms with van der Waals surface area (Å²) < 4.78 is 19.6. The van der Waals surface area contributed by atoms with Crippen molar-refractivity contribution in [1.29, 1.82) is 0 Å². The van der Waals surface area contributed by atoms with Gasteiger partial charge < -0.3 is 10.1 Å². The first-order valence-electron chi connectivity index (χ1n) is 7.04. The van der Waals surface area contributed by atoms with Crippen molar-refractivity contribution in [1.82, 2.24) is 5.32 Å². The topological polar surface area (TPSA) is 21.3 Å². The molecule has 0 saturated carbocycles. The number of hydrogen-bond donors (Lipinski definition) is 1. The molecule has 0 heterocycles. The van der Waals surface area contributed by atoms with Gasteiger partial charge in [-0.3, -0.25) is 0 Å². The molecule has 0 aliphatic rings. The van der Waals surface area contributed by atoms with Crippen molar-refractivity contribution in [3.05, 3.63) is 53.8 Å². The van der Waals surface area contributed by atoms with Gasteiger partial charge in [-0.25, -0.2) is 4.39 Å². The zero-order valence-corrected chi connectivity index (χ0v) is 13.2. The Hall–Kier alpha value is -1.52. The molecule has 0 aliphatic heterocycles. The average Bonchev–Trinajstić information content (AvgIpc) is 2.51. The van der Waals surface area contributed by atoms with E-state index < -0.39 is 0 Å². The molecule has 0 aromatic heterocycles. The molecule has 0 amide bonds. The van der Waals surface area contributed by atoms with E-state index in [0.717, 1.165) is 23.4 Å². The van der Waals surface area contributed by atoms with Gasteiger partial charge in [-0.15, -0.1) is 11.8 Å². The fraction of sp³-hybridized carbons (Fsp3) is 0.294. The van der Waals surface area contributed by atoms with Gasteiger partial charge in [-0.05, 0) is 61.2 Å². The summed E-state index contributed by atoms with van der Waals surface area (Å²) in [5.41, 5.74) is 0.922. The third-order valence-electron chi connectivity index (χ3n) is 3.04. The maximum atomic E-state index is 14.0. The van der Waals surface area contributed by atoms with Gasteiger partial charge in [0.2, 0.25) is 0 Å². The van der Waals surface area contributed by atoms with Gasteiger partial charge >= 0.3 is 0 Å². The van der Waals surface area contributed by atoms with Crippen LogP contribution in [-0.4, -0.2) is 12.8 Å². The molecule has 21 heavy (non-hydrogen) atoms. The second-order valence-corrected chi connectivity index (χ2v) is 5.60. The largest absolute Gasteiger partial charge is 0.454 e. The van der Waals surface area contributed by atoms with Crippen LogP contribution in [0.4, 0.5) is 4.39 Å². The zero-order chi connectivity index (χ0) is 15.1. The smallest absolute Gasteiger partial charge is 0.166 e. The quantitative estimate of drug-likeness (QED) is 0.584. The normalized spacial score (nSPS) is 10.6. The lowest BCUT2D eigenvalue weighted by atomic mass is 10.2. The molecule has 0 fully saturated rings. The number of benzene rings is 2. The van der Waals surface area contributed by atoms with E-state index in [0.29, 0.717) is 12.3 Å².